The number of benzene rings is 1. The summed E-state index contributed by atoms with van der Waals surface area (Å²) < 4.78 is 0. The summed E-state index contributed by atoms with van der Waals surface area (Å²) >= 11 is 1.41. The summed E-state index contributed by atoms with van der Waals surface area (Å²) in [5.74, 6) is 0. The fourth-order valence-electron chi connectivity index (χ4n) is 1.40. The van der Waals surface area contributed by atoms with E-state index in [-0.39, 0.29) is 0 Å². The molecule has 2 heterocycles. The maximum absolute atomic E-state index is 5.39. The van der Waals surface area contributed by atoms with Gasteiger partial charge in [0.1, 0.15) is 10.3 Å². The van der Waals surface area contributed by atoms with Crippen LogP contribution in [0.15, 0.2) is 48.7 Å². The summed E-state index contributed by atoms with van der Waals surface area (Å²) in [5, 5.41) is 0.558. The number of thiazole rings is 1. The molecule has 0 spiro atoms. The number of hydrogen-bond acceptors (Lipinski definition) is 5. The molecule has 0 saturated carbocycles. The van der Waals surface area contributed by atoms with Gasteiger partial charge in [0.2, 0.25) is 0 Å². The predicted octanol–water partition coefficient (Wildman–Crippen LogP) is 3.10. The van der Waals surface area contributed by atoms with E-state index in [1.165, 1.54) is 11.3 Å². The molecule has 2 aromatic heterocycles. The number of hydrogen-bond donors (Lipinski definition) is 1. The first-order valence-electron chi connectivity index (χ1n) is 5.11. The zero-order valence-corrected chi connectivity index (χ0v) is 9.65. The summed E-state index contributed by atoms with van der Waals surface area (Å²) in [6, 6.07) is 13.4. The van der Waals surface area contributed by atoms with Gasteiger partial charge in [0.05, 0.1) is 5.69 Å². The second-order valence-corrected chi connectivity index (χ2v) is 4.32. The van der Waals surface area contributed by atoms with E-state index < -0.39 is 0 Å². The van der Waals surface area contributed by atoms with E-state index >= 15 is 0 Å². The summed E-state index contributed by atoms with van der Waals surface area (Å²) in [4.78, 5) is 14.8. The van der Waals surface area contributed by atoms with E-state index in [9.17, 15) is 0 Å². The second-order valence-electron chi connectivity index (χ2n) is 3.38. The van der Waals surface area contributed by atoms with Gasteiger partial charge in [0, 0.05) is 6.20 Å². The Balaban J connectivity index is 1.77. The smallest absolute Gasteiger partial charge is 0.304 e. The van der Waals surface area contributed by atoms with Crippen LogP contribution in [0.25, 0.3) is 10.3 Å². The molecule has 0 radical (unpaired) electrons. The molecule has 0 fully saturated rings. The van der Waals surface area contributed by atoms with E-state index in [0.29, 0.717) is 5.19 Å². The second kappa shape index (κ2) is 4.39. The average molecular weight is 243 g/mol. The van der Waals surface area contributed by atoms with E-state index in [1.807, 2.05) is 42.5 Å². The van der Waals surface area contributed by atoms with Crippen molar-refractivity contribution in [3.8, 4) is 5.19 Å². The third-order valence-corrected chi connectivity index (χ3v) is 3.03. The Kier molecular flexibility index (Phi) is 2.59. The first-order valence-corrected chi connectivity index (χ1v) is 5.93. The molecule has 4 nitrogen and oxygen atoms in total. The topological polar surface area (TPSA) is 47.0 Å². The van der Waals surface area contributed by atoms with Crippen molar-refractivity contribution in [1.29, 1.82) is 0 Å². The van der Waals surface area contributed by atoms with Gasteiger partial charge >= 0.3 is 5.19 Å². The highest BCUT2D eigenvalue weighted by molar-refractivity contribution is 7.19. The number of fused-ring (bicyclic) bond motifs is 1. The van der Waals surface area contributed by atoms with Crippen molar-refractivity contribution in [2.24, 2.45) is 0 Å². The summed E-state index contributed by atoms with van der Waals surface area (Å²) in [6.45, 7) is 0. The molecule has 5 heteroatoms. The molecule has 84 valence electrons. The van der Waals surface area contributed by atoms with Crippen molar-refractivity contribution in [1.82, 2.24) is 9.97 Å². The number of aromatic nitrogens is 2. The summed E-state index contributed by atoms with van der Waals surface area (Å²) in [6.07, 6.45) is 1.74. The van der Waals surface area contributed by atoms with Crippen molar-refractivity contribution < 1.29 is 4.84 Å². The van der Waals surface area contributed by atoms with Gasteiger partial charge in [-0.15, -0.1) is 0 Å². The van der Waals surface area contributed by atoms with Crippen molar-refractivity contribution >= 4 is 27.4 Å². The molecule has 0 bridgehead atoms. The van der Waals surface area contributed by atoms with E-state index in [1.54, 1.807) is 6.20 Å². The van der Waals surface area contributed by atoms with Crippen molar-refractivity contribution in [3.63, 3.8) is 0 Å². The zero-order valence-electron chi connectivity index (χ0n) is 8.83. The monoisotopic (exact) mass is 243 g/mol. The maximum atomic E-state index is 5.39. The van der Waals surface area contributed by atoms with Gasteiger partial charge in [-0.1, -0.05) is 29.5 Å². The van der Waals surface area contributed by atoms with E-state index in [0.717, 1.165) is 16.0 Å². The normalized spacial score (nSPS) is 10.4. The summed E-state index contributed by atoms with van der Waals surface area (Å²) in [5.41, 5.74) is 4.58. The molecule has 0 aliphatic rings. The Bertz CT molecular complexity index is 591. The van der Waals surface area contributed by atoms with Crippen LogP contribution < -0.4 is 10.3 Å². The molecule has 0 unspecified atom stereocenters. The molecule has 3 rings (SSSR count). The Morgan fingerprint density at radius 1 is 1.06 bits per heavy atom. The lowest BCUT2D eigenvalue weighted by atomic mass is 10.3. The lowest BCUT2D eigenvalue weighted by Gasteiger charge is -2.03. The first-order chi connectivity index (χ1) is 8.42. The van der Waals surface area contributed by atoms with Crippen molar-refractivity contribution in [2.75, 3.05) is 5.48 Å². The zero-order chi connectivity index (χ0) is 11.5. The van der Waals surface area contributed by atoms with Gasteiger partial charge < -0.3 is 4.84 Å². The molecule has 1 aromatic carbocycles. The lowest BCUT2D eigenvalue weighted by molar-refractivity contribution is 0.403. The molecular weight excluding hydrogens is 234 g/mol. The lowest BCUT2D eigenvalue weighted by Crippen LogP contribution is -2.03. The Morgan fingerprint density at radius 3 is 2.76 bits per heavy atom. The SMILES string of the molecule is c1ccc(NOc2nc3cccnc3s2)cc1. The van der Waals surface area contributed by atoms with Crippen LogP contribution in [0.1, 0.15) is 0 Å². The molecule has 0 saturated heterocycles. The van der Waals surface area contributed by atoms with Crippen LogP contribution in [0.2, 0.25) is 0 Å². The van der Waals surface area contributed by atoms with Crippen molar-refractivity contribution in [2.45, 2.75) is 0 Å². The number of pyridine rings is 1. The van der Waals surface area contributed by atoms with E-state index in [4.69, 9.17) is 4.84 Å². The summed E-state index contributed by atoms with van der Waals surface area (Å²) in [7, 11) is 0. The van der Waals surface area contributed by atoms with Gasteiger partial charge in [0.15, 0.2) is 0 Å². The molecule has 0 aliphatic carbocycles. The van der Waals surface area contributed by atoms with Crippen LogP contribution in [-0.2, 0) is 0 Å². The van der Waals surface area contributed by atoms with Crippen LogP contribution in [-0.4, -0.2) is 9.97 Å². The minimum absolute atomic E-state index is 0.558. The van der Waals surface area contributed by atoms with Crippen LogP contribution in [0, 0.1) is 0 Å². The standard InChI is InChI=1S/C12H9N3OS/c1-2-5-9(6-3-1)15-16-12-14-10-7-4-8-13-11(10)17-12/h1-8,15H. The Labute approximate surface area is 102 Å². The first kappa shape index (κ1) is 10.0. The van der Waals surface area contributed by atoms with E-state index in [2.05, 4.69) is 15.4 Å². The molecule has 0 amide bonds. The van der Waals surface area contributed by atoms with Gasteiger partial charge in [-0.3, -0.25) is 0 Å². The maximum Gasteiger partial charge on any atom is 0.304 e. The minimum atomic E-state index is 0.558. The fourth-order valence-corrected chi connectivity index (χ4v) is 2.13. The molecule has 3 aromatic rings. The highest BCUT2D eigenvalue weighted by Gasteiger charge is 2.04. The number of rotatable bonds is 3. The van der Waals surface area contributed by atoms with Crippen LogP contribution in [0.4, 0.5) is 5.69 Å². The molecular formula is C12H9N3OS. The van der Waals surface area contributed by atoms with Gasteiger partial charge in [-0.25, -0.2) is 10.5 Å². The molecule has 0 atom stereocenters. The van der Waals surface area contributed by atoms with Gasteiger partial charge in [0.25, 0.3) is 0 Å². The minimum Gasteiger partial charge on any atom is -0.350 e. The van der Waals surface area contributed by atoms with Gasteiger partial charge in [-0.05, 0) is 24.3 Å². The highest BCUT2D eigenvalue weighted by Crippen LogP contribution is 2.25. The number of anilines is 1. The van der Waals surface area contributed by atoms with Crippen LogP contribution >= 0.6 is 11.3 Å². The quantitative estimate of drug-likeness (QED) is 0.718. The van der Waals surface area contributed by atoms with Crippen LogP contribution in [0.3, 0.4) is 0 Å². The van der Waals surface area contributed by atoms with Crippen LogP contribution in [0.5, 0.6) is 5.19 Å². The fraction of sp³-hybridized carbons (Fsp3) is 0. The average Bonchev–Trinajstić information content (AvgIpc) is 2.80. The predicted molar refractivity (Wildman–Crippen MR) is 68.1 cm³/mol. The molecule has 17 heavy (non-hydrogen) atoms. The number of para-hydroxylation sites is 1. The largest absolute Gasteiger partial charge is 0.350 e. The van der Waals surface area contributed by atoms with Crippen molar-refractivity contribution in [3.05, 3.63) is 48.7 Å². The molecule has 0 aliphatic heterocycles. The highest BCUT2D eigenvalue weighted by atomic mass is 32.1. The molecule has 1 N–H and O–H groups in total. The Hall–Kier alpha value is -2.14. The van der Waals surface area contributed by atoms with Gasteiger partial charge in [-0.2, -0.15) is 4.98 Å². The number of nitrogens with one attached hydrogen (secondary N) is 1. The Morgan fingerprint density at radius 2 is 1.94 bits per heavy atom. The third-order valence-electron chi connectivity index (χ3n) is 2.18. The number of nitrogens with zero attached hydrogens (tertiary/aromatic N) is 2. The third kappa shape index (κ3) is 2.19.